The van der Waals surface area contributed by atoms with Crippen LogP contribution in [0.2, 0.25) is 0 Å². The Morgan fingerprint density at radius 1 is 1.00 bits per heavy atom. The number of benzene rings is 1. The van der Waals surface area contributed by atoms with Crippen molar-refractivity contribution < 1.29 is 19.1 Å². The number of nitrogens with zero attached hydrogens (tertiary/aromatic N) is 2. The predicted octanol–water partition coefficient (Wildman–Crippen LogP) is 1.43. The molecule has 172 valence electrons. The molecule has 1 unspecified atom stereocenters. The first kappa shape index (κ1) is 21.4. The lowest BCUT2D eigenvalue weighted by Gasteiger charge is -2.35. The van der Waals surface area contributed by atoms with Crippen LogP contribution in [0.1, 0.15) is 54.4 Å². The minimum absolute atomic E-state index is 0.114. The van der Waals surface area contributed by atoms with E-state index < -0.39 is 6.04 Å². The smallest absolute Gasteiger partial charge is 0.255 e. The fourth-order valence-electron chi connectivity index (χ4n) is 5.45. The highest BCUT2D eigenvalue weighted by atomic mass is 16.5. The number of piperidine rings is 3. The van der Waals surface area contributed by atoms with E-state index in [9.17, 15) is 14.4 Å². The van der Waals surface area contributed by atoms with E-state index in [1.54, 1.807) is 4.90 Å². The third kappa shape index (κ3) is 4.26. The third-order valence-corrected chi connectivity index (χ3v) is 7.37. The molecule has 5 rings (SSSR count). The largest absolute Gasteiger partial charge is 0.378 e. The van der Waals surface area contributed by atoms with Gasteiger partial charge < -0.3 is 19.9 Å². The van der Waals surface area contributed by atoms with Gasteiger partial charge in [0.25, 0.3) is 5.91 Å². The lowest BCUT2D eigenvalue weighted by atomic mass is 9.99. The van der Waals surface area contributed by atoms with Crippen LogP contribution in [0.5, 0.6) is 0 Å². The summed E-state index contributed by atoms with van der Waals surface area (Å²) in [6, 6.07) is 5.28. The molecule has 2 N–H and O–H groups in total. The second-order valence-corrected chi connectivity index (χ2v) is 9.42. The van der Waals surface area contributed by atoms with Gasteiger partial charge in [0, 0.05) is 49.5 Å². The van der Waals surface area contributed by atoms with Gasteiger partial charge in [-0.3, -0.25) is 19.7 Å². The van der Waals surface area contributed by atoms with Gasteiger partial charge in [0.15, 0.2) is 0 Å². The fraction of sp³-hybridized carbons (Fsp3) is 0.625. The van der Waals surface area contributed by atoms with Crippen molar-refractivity contribution in [3.05, 3.63) is 29.3 Å². The van der Waals surface area contributed by atoms with E-state index in [4.69, 9.17) is 4.74 Å². The van der Waals surface area contributed by atoms with Crippen molar-refractivity contribution in [1.29, 1.82) is 0 Å². The Labute approximate surface area is 188 Å². The molecule has 4 heterocycles. The molecule has 1 aromatic rings. The van der Waals surface area contributed by atoms with Gasteiger partial charge in [-0.15, -0.1) is 0 Å². The molecular weight excluding hydrogens is 408 g/mol. The van der Waals surface area contributed by atoms with E-state index in [0.717, 1.165) is 56.9 Å². The van der Waals surface area contributed by atoms with Crippen LogP contribution in [0.25, 0.3) is 0 Å². The third-order valence-electron chi connectivity index (χ3n) is 7.37. The van der Waals surface area contributed by atoms with E-state index in [-0.39, 0.29) is 24.1 Å². The van der Waals surface area contributed by atoms with Crippen LogP contribution >= 0.6 is 0 Å². The Bertz CT molecular complexity index is 890. The molecule has 0 radical (unpaired) electrons. The number of nitrogens with one attached hydrogen (secondary N) is 2. The maximum absolute atomic E-state index is 13.1. The fourth-order valence-corrected chi connectivity index (χ4v) is 5.45. The summed E-state index contributed by atoms with van der Waals surface area (Å²) in [5.41, 5.74) is 2.76. The molecule has 0 spiro atoms. The van der Waals surface area contributed by atoms with Crippen LogP contribution in [0.15, 0.2) is 18.2 Å². The van der Waals surface area contributed by atoms with Gasteiger partial charge in [-0.1, -0.05) is 6.07 Å². The number of hydrogen-bond acceptors (Lipinski definition) is 6. The van der Waals surface area contributed by atoms with Crippen LogP contribution < -0.4 is 15.5 Å². The molecule has 4 aliphatic rings. The molecule has 0 aromatic heterocycles. The maximum atomic E-state index is 13.1. The lowest BCUT2D eigenvalue weighted by molar-refractivity contribution is -0.136. The molecule has 4 aliphatic heterocycles. The average Bonchev–Trinajstić information content (AvgIpc) is 3.15. The SMILES string of the molecule is O=C1CCC(N2Cc3c(cccc3N3CCC(OCC4CCNCC4)CC3)C2=O)C(=O)N1. The number of anilines is 1. The zero-order valence-electron chi connectivity index (χ0n) is 18.5. The van der Waals surface area contributed by atoms with Gasteiger partial charge in [0.2, 0.25) is 11.8 Å². The van der Waals surface area contributed by atoms with Crippen molar-refractivity contribution in [2.75, 3.05) is 37.7 Å². The van der Waals surface area contributed by atoms with Crippen LogP contribution in [0.3, 0.4) is 0 Å². The Morgan fingerprint density at radius 3 is 2.53 bits per heavy atom. The molecule has 1 atom stereocenters. The molecule has 8 nitrogen and oxygen atoms in total. The zero-order chi connectivity index (χ0) is 22.1. The highest BCUT2D eigenvalue weighted by Crippen LogP contribution is 2.35. The second kappa shape index (κ2) is 9.19. The molecule has 0 saturated carbocycles. The summed E-state index contributed by atoms with van der Waals surface area (Å²) < 4.78 is 6.24. The first-order chi connectivity index (χ1) is 15.6. The highest BCUT2D eigenvalue weighted by Gasteiger charge is 2.40. The monoisotopic (exact) mass is 440 g/mol. The van der Waals surface area contributed by atoms with E-state index >= 15 is 0 Å². The second-order valence-electron chi connectivity index (χ2n) is 9.42. The number of carbonyl (C=O) groups excluding carboxylic acids is 3. The van der Waals surface area contributed by atoms with E-state index in [2.05, 4.69) is 21.6 Å². The number of imide groups is 1. The molecule has 0 bridgehead atoms. The number of amides is 3. The predicted molar refractivity (Wildman–Crippen MR) is 119 cm³/mol. The summed E-state index contributed by atoms with van der Waals surface area (Å²) in [7, 11) is 0. The topological polar surface area (TPSA) is 91.0 Å². The molecule has 3 saturated heterocycles. The van der Waals surface area contributed by atoms with Gasteiger partial charge in [0.1, 0.15) is 6.04 Å². The lowest BCUT2D eigenvalue weighted by Crippen LogP contribution is -2.52. The maximum Gasteiger partial charge on any atom is 0.255 e. The van der Waals surface area contributed by atoms with Crippen molar-refractivity contribution in [3.8, 4) is 0 Å². The summed E-state index contributed by atoms with van der Waals surface area (Å²) in [6.07, 6.45) is 5.34. The molecule has 3 amide bonds. The molecule has 3 fully saturated rings. The molecule has 8 heteroatoms. The molecule has 1 aromatic carbocycles. The summed E-state index contributed by atoms with van der Waals surface area (Å²) in [6.45, 7) is 5.28. The number of fused-ring (bicyclic) bond motifs is 1. The Kier molecular flexibility index (Phi) is 6.15. The first-order valence-electron chi connectivity index (χ1n) is 11.9. The van der Waals surface area contributed by atoms with Crippen LogP contribution in [0.4, 0.5) is 5.69 Å². The Balaban J connectivity index is 1.21. The highest BCUT2D eigenvalue weighted by molar-refractivity contribution is 6.06. The normalized spacial score (nSPS) is 25.2. The van der Waals surface area contributed by atoms with Gasteiger partial charge in [0.05, 0.1) is 6.10 Å². The summed E-state index contributed by atoms with van der Waals surface area (Å²) >= 11 is 0. The average molecular weight is 441 g/mol. The minimum atomic E-state index is -0.574. The summed E-state index contributed by atoms with van der Waals surface area (Å²) in [4.78, 5) is 40.9. The number of ether oxygens (including phenoxy) is 1. The van der Waals surface area contributed by atoms with Crippen molar-refractivity contribution in [2.24, 2.45) is 5.92 Å². The molecular formula is C24H32N4O4. The number of hydrogen-bond donors (Lipinski definition) is 2. The number of rotatable bonds is 5. The van der Waals surface area contributed by atoms with Gasteiger partial charge in [-0.25, -0.2) is 0 Å². The van der Waals surface area contributed by atoms with Crippen molar-refractivity contribution in [3.63, 3.8) is 0 Å². The van der Waals surface area contributed by atoms with Crippen molar-refractivity contribution in [2.45, 2.75) is 57.2 Å². The number of carbonyl (C=O) groups is 3. The first-order valence-corrected chi connectivity index (χ1v) is 11.9. The Morgan fingerprint density at radius 2 is 1.78 bits per heavy atom. The summed E-state index contributed by atoms with van der Waals surface area (Å²) in [5, 5.41) is 5.77. The van der Waals surface area contributed by atoms with Gasteiger partial charge in [-0.05, 0) is 63.2 Å². The molecule has 32 heavy (non-hydrogen) atoms. The van der Waals surface area contributed by atoms with Crippen LogP contribution in [-0.2, 0) is 20.9 Å². The van der Waals surface area contributed by atoms with E-state index in [0.29, 0.717) is 30.6 Å². The van der Waals surface area contributed by atoms with Crippen LogP contribution in [-0.4, -0.2) is 67.6 Å². The van der Waals surface area contributed by atoms with Crippen LogP contribution in [0, 0.1) is 5.92 Å². The Hall–Kier alpha value is -2.45. The van der Waals surface area contributed by atoms with Crippen molar-refractivity contribution in [1.82, 2.24) is 15.5 Å². The van der Waals surface area contributed by atoms with E-state index in [1.807, 2.05) is 12.1 Å². The van der Waals surface area contributed by atoms with Gasteiger partial charge in [-0.2, -0.15) is 0 Å². The minimum Gasteiger partial charge on any atom is -0.378 e. The standard InChI is InChI=1S/C24H32N4O4/c29-22-5-4-21(23(30)26-22)28-14-19-18(24(28)31)2-1-3-20(19)27-12-8-17(9-13-27)32-15-16-6-10-25-11-7-16/h1-3,16-17,21,25H,4-15H2,(H,26,29,30). The van der Waals surface area contributed by atoms with Gasteiger partial charge >= 0.3 is 0 Å². The quantitative estimate of drug-likeness (QED) is 0.674. The van der Waals surface area contributed by atoms with E-state index in [1.165, 1.54) is 12.8 Å². The summed E-state index contributed by atoms with van der Waals surface area (Å²) in [5.74, 6) is -0.0653. The molecule has 0 aliphatic carbocycles. The van der Waals surface area contributed by atoms with Crippen molar-refractivity contribution >= 4 is 23.4 Å². The zero-order valence-corrected chi connectivity index (χ0v) is 18.5.